The summed E-state index contributed by atoms with van der Waals surface area (Å²) in [6.45, 7) is 3.49. The third-order valence-corrected chi connectivity index (χ3v) is 2.24. The quantitative estimate of drug-likeness (QED) is 0.357. The molecule has 5 heteroatoms. The van der Waals surface area contributed by atoms with Gasteiger partial charge in [-0.1, -0.05) is 18.1 Å². The molecule has 0 saturated carbocycles. The predicted octanol–water partition coefficient (Wildman–Crippen LogP) is 2.04. The predicted molar refractivity (Wildman–Crippen MR) is 59.3 cm³/mol. The van der Waals surface area contributed by atoms with Gasteiger partial charge >= 0.3 is 0 Å². The molecule has 4 nitrogen and oxygen atoms in total. The Hall–Kier alpha value is -1.78. The maximum atomic E-state index is 13.2. The van der Waals surface area contributed by atoms with Gasteiger partial charge in [0.1, 0.15) is 11.6 Å². The molecule has 1 unspecified atom stereocenters. The van der Waals surface area contributed by atoms with Crippen LogP contribution in [-0.2, 0) is 0 Å². The molecule has 88 valence electrons. The highest BCUT2D eigenvalue weighted by molar-refractivity contribution is 5.84. The minimum Gasteiger partial charge on any atom is -0.482 e. The average molecular weight is 226 g/mol. The summed E-state index contributed by atoms with van der Waals surface area (Å²) in [5, 5.41) is 11.4. The number of hydrogen-bond donors (Lipinski definition) is 2. The molecule has 0 radical (unpaired) electrons. The fraction of sp³-hybridized carbons (Fsp3) is 0.364. The lowest BCUT2D eigenvalue weighted by Gasteiger charge is -2.16. The summed E-state index contributed by atoms with van der Waals surface area (Å²) in [6, 6.07) is 4.54. The number of rotatable bonds is 4. The van der Waals surface area contributed by atoms with Crippen LogP contribution in [-0.4, -0.2) is 17.1 Å². The maximum Gasteiger partial charge on any atom is 0.180 e. The Morgan fingerprint density at radius 3 is 2.81 bits per heavy atom. The molecular weight excluding hydrogens is 211 g/mol. The van der Waals surface area contributed by atoms with Crippen molar-refractivity contribution in [2.45, 2.75) is 26.4 Å². The van der Waals surface area contributed by atoms with Crippen LogP contribution in [0.4, 0.5) is 4.39 Å². The molecule has 0 aromatic heterocycles. The van der Waals surface area contributed by atoms with Crippen molar-refractivity contribution in [1.29, 1.82) is 0 Å². The van der Waals surface area contributed by atoms with E-state index in [0.29, 0.717) is 17.7 Å². The number of amidine groups is 1. The number of hydrogen-bond acceptors (Lipinski definition) is 3. The zero-order chi connectivity index (χ0) is 12.1. The van der Waals surface area contributed by atoms with Crippen molar-refractivity contribution in [2.75, 3.05) is 0 Å². The van der Waals surface area contributed by atoms with Gasteiger partial charge < -0.3 is 15.7 Å². The van der Waals surface area contributed by atoms with Gasteiger partial charge in [-0.05, 0) is 25.0 Å². The number of ether oxygens (including phenoxy) is 1. The van der Waals surface area contributed by atoms with Gasteiger partial charge in [-0.3, -0.25) is 0 Å². The fourth-order valence-corrected chi connectivity index (χ4v) is 1.23. The highest BCUT2D eigenvalue weighted by atomic mass is 19.1. The topological polar surface area (TPSA) is 67.8 Å². The Bertz CT molecular complexity index is 394. The van der Waals surface area contributed by atoms with Crippen molar-refractivity contribution in [3.8, 4) is 5.75 Å². The molecule has 0 aliphatic rings. The molecule has 1 rings (SSSR count). The molecule has 0 fully saturated rings. The molecule has 0 aliphatic carbocycles. The van der Waals surface area contributed by atoms with Gasteiger partial charge in [0.15, 0.2) is 11.9 Å². The lowest BCUT2D eigenvalue weighted by Crippen LogP contribution is -2.33. The minimum absolute atomic E-state index is 0.0246. The summed E-state index contributed by atoms with van der Waals surface area (Å²) in [7, 11) is 0. The first-order valence-electron chi connectivity index (χ1n) is 4.98. The van der Waals surface area contributed by atoms with Crippen LogP contribution >= 0.6 is 0 Å². The van der Waals surface area contributed by atoms with Crippen molar-refractivity contribution in [3.63, 3.8) is 0 Å². The molecule has 1 atom stereocenters. The first-order valence-corrected chi connectivity index (χ1v) is 4.98. The summed E-state index contributed by atoms with van der Waals surface area (Å²) in [6.07, 6.45) is -0.0159. The van der Waals surface area contributed by atoms with Crippen LogP contribution in [0.1, 0.15) is 18.9 Å². The van der Waals surface area contributed by atoms with Crippen LogP contribution < -0.4 is 10.5 Å². The van der Waals surface area contributed by atoms with E-state index >= 15 is 0 Å². The van der Waals surface area contributed by atoms with Crippen molar-refractivity contribution in [2.24, 2.45) is 10.9 Å². The molecule has 0 aliphatic heterocycles. The first kappa shape index (κ1) is 12.3. The average Bonchev–Trinajstić information content (AvgIpc) is 2.29. The maximum absolute atomic E-state index is 13.2. The third kappa shape index (κ3) is 2.85. The van der Waals surface area contributed by atoms with Gasteiger partial charge in [0.05, 0.1) is 0 Å². The number of oxime groups is 1. The molecule has 3 N–H and O–H groups in total. The molecular formula is C11H15FN2O2. The van der Waals surface area contributed by atoms with E-state index in [9.17, 15) is 4.39 Å². The number of nitrogens with zero attached hydrogens (tertiary/aromatic N) is 1. The van der Waals surface area contributed by atoms with Crippen LogP contribution in [0.2, 0.25) is 0 Å². The molecule has 0 heterocycles. The van der Waals surface area contributed by atoms with Gasteiger partial charge in [-0.25, -0.2) is 4.39 Å². The van der Waals surface area contributed by atoms with E-state index in [4.69, 9.17) is 15.7 Å². The Labute approximate surface area is 93.5 Å². The van der Waals surface area contributed by atoms with Crippen molar-refractivity contribution in [3.05, 3.63) is 29.6 Å². The van der Waals surface area contributed by atoms with Crippen molar-refractivity contribution in [1.82, 2.24) is 0 Å². The Balaban J connectivity index is 2.82. The first-order chi connectivity index (χ1) is 7.58. The lowest BCUT2D eigenvalue weighted by atomic mass is 10.2. The zero-order valence-corrected chi connectivity index (χ0v) is 9.27. The largest absolute Gasteiger partial charge is 0.482 e. The van der Waals surface area contributed by atoms with E-state index in [1.165, 1.54) is 6.07 Å². The van der Waals surface area contributed by atoms with Crippen LogP contribution in [0.5, 0.6) is 5.75 Å². The molecule has 0 bridgehead atoms. The van der Waals surface area contributed by atoms with E-state index in [0.717, 1.165) is 0 Å². The Kier molecular flexibility index (Phi) is 4.10. The smallest absolute Gasteiger partial charge is 0.180 e. The van der Waals surface area contributed by atoms with E-state index in [1.54, 1.807) is 19.1 Å². The number of aryl methyl sites for hydroxylation is 1. The molecule has 0 amide bonds. The Morgan fingerprint density at radius 2 is 2.31 bits per heavy atom. The van der Waals surface area contributed by atoms with Gasteiger partial charge in [-0.15, -0.1) is 0 Å². The van der Waals surface area contributed by atoms with Crippen LogP contribution in [0.15, 0.2) is 23.4 Å². The van der Waals surface area contributed by atoms with Crippen molar-refractivity contribution < 1.29 is 14.3 Å². The van der Waals surface area contributed by atoms with E-state index in [1.807, 2.05) is 6.92 Å². The van der Waals surface area contributed by atoms with Crippen molar-refractivity contribution >= 4 is 5.84 Å². The summed E-state index contributed by atoms with van der Waals surface area (Å²) in [4.78, 5) is 0. The zero-order valence-electron chi connectivity index (χ0n) is 9.27. The normalized spacial score (nSPS) is 13.6. The monoisotopic (exact) mass is 226 g/mol. The lowest BCUT2D eigenvalue weighted by molar-refractivity contribution is 0.245. The molecule has 1 aromatic rings. The van der Waals surface area contributed by atoms with Crippen LogP contribution in [0.25, 0.3) is 0 Å². The van der Waals surface area contributed by atoms with Gasteiger partial charge in [0, 0.05) is 6.07 Å². The number of benzene rings is 1. The highest BCUT2D eigenvalue weighted by Gasteiger charge is 2.14. The highest BCUT2D eigenvalue weighted by Crippen LogP contribution is 2.18. The summed E-state index contributed by atoms with van der Waals surface area (Å²) in [5.74, 6) is -0.00288. The second-order valence-corrected chi connectivity index (χ2v) is 3.45. The number of halogens is 1. The number of nitrogens with two attached hydrogens (primary N) is 1. The van der Waals surface area contributed by atoms with Crippen LogP contribution in [0.3, 0.4) is 0 Å². The van der Waals surface area contributed by atoms with E-state index in [2.05, 4.69) is 5.16 Å². The standard InChI is InChI=1S/C11H15FN2O2/c1-3-10(11(13)14-15)16-8-5-4-7(2)9(12)6-8/h4-6,10,15H,3H2,1-2H3,(H2,13,14). The summed E-state index contributed by atoms with van der Waals surface area (Å²) < 4.78 is 18.6. The Morgan fingerprint density at radius 1 is 1.62 bits per heavy atom. The summed E-state index contributed by atoms with van der Waals surface area (Å²) in [5.41, 5.74) is 5.97. The molecule has 0 spiro atoms. The second-order valence-electron chi connectivity index (χ2n) is 3.45. The molecule has 1 aromatic carbocycles. The SMILES string of the molecule is CCC(Oc1ccc(C)c(F)c1)/C(N)=N/O. The van der Waals surface area contributed by atoms with Gasteiger partial charge in [-0.2, -0.15) is 0 Å². The molecule has 0 saturated heterocycles. The van der Waals surface area contributed by atoms with E-state index < -0.39 is 6.10 Å². The third-order valence-electron chi connectivity index (χ3n) is 2.24. The van der Waals surface area contributed by atoms with Gasteiger partial charge in [0.25, 0.3) is 0 Å². The van der Waals surface area contributed by atoms with Crippen LogP contribution in [0, 0.1) is 12.7 Å². The fourth-order valence-electron chi connectivity index (χ4n) is 1.23. The second kappa shape index (κ2) is 5.34. The van der Waals surface area contributed by atoms with E-state index in [-0.39, 0.29) is 11.7 Å². The van der Waals surface area contributed by atoms with Gasteiger partial charge in [0.2, 0.25) is 0 Å². The molecule has 16 heavy (non-hydrogen) atoms. The minimum atomic E-state index is -0.549. The summed E-state index contributed by atoms with van der Waals surface area (Å²) >= 11 is 0.